The largest absolute Gasteiger partial charge is 0.492 e. The summed E-state index contributed by atoms with van der Waals surface area (Å²) in [6.45, 7) is 4.51. The molecule has 0 aromatic heterocycles. The number of halogens is 5. The lowest BCUT2D eigenvalue weighted by atomic mass is 10.2. The predicted octanol–water partition coefficient (Wildman–Crippen LogP) is 5.95. The van der Waals surface area contributed by atoms with Crippen LogP contribution in [0.25, 0.3) is 0 Å². The van der Waals surface area contributed by atoms with Gasteiger partial charge in [0, 0.05) is 11.1 Å². The first-order valence-electron chi connectivity index (χ1n) is 8.76. The average Bonchev–Trinajstić information content (AvgIpc) is 2.72. The minimum atomic E-state index is -0.0430. The van der Waals surface area contributed by atoms with Crippen LogP contribution in [0.15, 0.2) is 39.6 Å². The van der Waals surface area contributed by atoms with Crippen molar-refractivity contribution in [2.24, 2.45) is 21.0 Å². The summed E-state index contributed by atoms with van der Waals surface area (Å²) < 4.78 is 11.0. The molecule has 12 heteroatoms. The van der Waals surface area contributed by atoms with Gasteiger partial charge in [-0.25, -0.2) is 5.43 Å². The van der Waals surface area contributed by atoms with Gasteiger partial charge in [0.15, 0.2) is 0 Å². The molecular weight excluding hydrogens is 552 g/mol. The van der Waals surface area contributed by atoms with Crippen LogP contribution in [0.3, 0.4) is 0 Å². The van der Waals surface area contributed by atoms with E-state index in [-0.39, 0.29) is 22.9 Å². The fraction of sp³-hybridized carbons (Fsp3) is 0.211. The van der Waals surface area contributed by atoms with Gasteiger partial charge in [0.05, 0.1) is 35.7 Å². The number of hydrazone groups is 1. The minimum Gasteiger partial charge on any atom is -0.492 e. The van der Waals surface area contributed by atoms with Crippen molar-refractivity contribution in [3.8, 4) is 11.5 Å². The molecule has 31 heavy (non-hydrogen) atoms. The van der Waals surface area contributed by atoms with E-state index in [1.54, 1.807) is 24.3 Å². The first-order chi connectivity index (χ1) is 14.4. The molecule has 7 nitrogen and oxygen atoms in total. The van der Waals surface area contributed by atoms with E-state index in [0.717, 1.165) is 0 Å². The number of nitrogens with two attached hydrogens (primary N) is 1. The fourth-order valence-electron chi connectivity index (χ4n) is 2.22. The Morgan fingerprint density at radius 1 is 0.903 bits per heavy atom. The van der Waals surface area contributed by atoms with E-state index in [0.29, 0.717) is 55.9 Å². The number of nitrogens with one attached hydrogen (secondary N) is 1. The summed E-state index contributed by atoms with van der Waals surface area (Å²) in [5, 5.41) is 13.1. The van der Waals surface area contributed by atoms with Crippen molar-refractivity contribution in [2.45, 2.75) is 13.8 Å². The normalized spacial score (nSPS) is 11.6. The lowest BCUT2D eigenvalue weighted by Crippen LogP contribution is -2.26. The van der Waals surface area contributed by atoms with Gasteiger partial charge in [0.1, 0.15) is 21.5 Å². The molecule has 2 aromatic rings. The fourth-order valence-corrected chi connectivity index (χ4v) is 2.97. The van der Waals surface area contributed by atoms with Gasteiger partial charge < -0.3 is 15.2 Å². The molecule has 0 fully saturated rings. The number of hydrogen-bond acceptors (Lipinski definition) is 5. The van der Waals surface area contributed by atoms with Crippen molar-refractivity contribution >= 4 is 81.8 Å². The number of benzene rings is 2. The zero-order valence-electron chi connectivity index (χ0n) is 16.5. The summed E-state index contributed by atoms with van der Waals surface area (Å²) in [6, 6.07) is 6.70. The molecule has 0 bridgehead atoms. The van der Waals surface area contributed by atoms with Crippen LogP contribution in [0.5, 0.6) is 11.5 Å². The van der Waals surface area contributed by atoms with E-state index in [4.69, 9.17) is 61.6 Å². The molecule has 0 aliphatic heterocycles. The third-order valence-electron chi connectivity index (χ3n) is 3.48. The first kappa shape index (κ1) is 27.3. The highest BCUT2D eigenvalue weighted by molar-refractivity contribution is 8.93. The maximum Gasteiger partial charge on any atom is 0.234 e. The zero-order chi connectivity index (χ0) is 22.1. The van der Waals surface area contributed by atoms with Crippen LogP contribution in [0.2, 0.25) is 20.1 Å². The number of ether oxygens (including phenoxy) is 2. The van der Waals surface area contributed by atoms with E-state index in [1.807, 2.05) is 13.8 Å². The van der Waals surface area contributed by atoms with Gasteiger partial charge in [0.25, 0.3) is 0 Å². The Morgan fingerprint density at radius 3 is 1.87 bits per heavy atom. The van der Waals surface area contributed by atoms with Crippen molar-refractivity contribution in [1.82, 2.24) is 5.43 Å². The number of rotatable bonds is 8. The predicted molar refractivity (Wildman–Crippen MR) is 136 cm³/mol. The van der Waals surface area contributed by atoms with Crippen molar-refractivity contribution in [3.63, 3.8) is 0 Å². The number of nitrogens with zero attached hydrogens (tertiary/aromatic N) is 3. The number of hydrogen-bond donors (Lipinski definition) is 2. The lowest BCUT2D eigenvalue weighted by Gasteiger charge is -2.10. The van der Waals surface area contributed by atoms with Crippen LogP contribution in [0.1, 0.15) is 25.0 Å². The van der Waals surface area contributed by atoms with E-state index in [9.17, 15) is 0 Å². The molecule has 0 amide bonds. The molecule has 0 radical (unpaired) electrons. The van der Waals surface area contributed by atoms with Gasteiger partial charge in [-0.2, -0.15) is 10.2 Å². The second-order valence-electron chi connectivity index (χ2n) is 5.53. The van der Waals surface area contributed by atoms with E-state index in [2.05, 4.69) is 20.7 Å². The maximum absolute atomic E-state index is 6.17. The molecule has 2 rings (SSSR count). The highest BCUT2D eigenvalue weighted by Gasteiger charge is 2.11. The van der Waals surface area contributed by atoms with Crippen LogP contribution in [0, 0.1) is 0 Å². The van der Waals surface area contributed by atoms with Crippen LogP contribution in [-0.2, 0) is 0 Å². The third kappa shape index (κ3) is 7.73. The highest BCUT2D eigenvalue weighted by Crippen LogP contribution is 2.35. The summed E-state index contributed by atoms with van der Waals surface area (Å²) in [6.07, 6.45) is 2.92. The van der Waals surface area contributed by atoms with E-state index in [1.165, 1.54) is 12.4 Å². The van der Waals surface area contributed by atoms with Crippen molar-refractivity contribution in [2.75, 3.05) is 13.2 Å². The lowest BCUT2D eigenvalue weighted by molar-refractivity contribution is 0.340. The molecule has 168 valence electrons. The van der Waals surface area contributed by atoms with Gasteiger partial charge in [-0.15, -0.1) is 22.1 Å². The summed E-state index contributed by atoms with van der Waals surface area (Å²) in [7, 11) is 0. The Bertz CT molecular complexity index is 986. The molecule has 0 unspecified atom stereocenters. The van der Waals surface area contributed by atoms with Gasteiger partial charge >= 0.3 is 0 Å². The summed E-state index contributed by atoms with van der Waals surface area (Å²) in [4.78, 5) is 0. The summed E-state index contributed by atoms with van der Waals surface area (Å²) in [5.74, 6) is 0.797. The van der Waals surface area contributed by atoms with Gasteiger partial charge in [-0.1, -0.05) is 46.4 Å². The van der Waals surface area contributed by atoms with Gasteiger partial charge in [0.2, 0.25) is 5.96 Å². The van der Waals surface area contributed by atoms with Gasteiger partial charge in [-0.05, 0) is 38.1 Å². The molecule has 0 saturated heterocycles. The molecule has 0 saturated carbocycles. The Kier molecular flexibility index (Phi) is 12.0. The number of guanidine groups is 1. The molecule has 0 aliphatic carbocycles. The topological polar surface area (TPSA) is 93.6 Å². The maximum atomic E-state index is 6.17. The highest BCUT2D eigenvalue weighted by atomic mass is 79.9. The van der Waals surface area contributed by atoms with Crippen LogP contribution in [0.4, 0.5) is 0 Å². The van der Waals surface area contributed by atoms with Crippen LogP contribution in [-0.4, -0.2) is 31.6 Å². The third-order valence-corrected chi connectivity index (χ3v) is 5.06. The molecule has 3 N–H and O–H groups in total. The Balaban J connectivity index is 0.00000480. The first-order valence-corrected chi connectivity index (χ1v) is 10.3. The van der Waals surface area contributed by atoms with E-state index < -0.39 is 0 Å². The summed E-state index contributed by atoms with van der Waals surface area (Å²) in [5.41, 5.74) is 9.53. The Hall–Kier alpha value is -1.71. The monoisotopic (exact) mass is 569 g/mol. The van der Waals surface area contributed by atoms with Crippen LogP contribution < -0.4 is 20.6 Å². The molecule has 0 heterocycles. The zero-order valence-corrected chi connectivity index (χ0v) is 21.3. The van der Waals surface area contributed by atoms with Crippen molar-refractivity contribution in [1.29, 1.82) is 0 Å². The molecule has 2 aromatic carbocycles. The molecule has 0 atom stereocenters. The van der Waals surface area contributed by atoms with Gasteiger partial charge in [-0.3, -0.25) is 0 Å². The van der Waals surface area contributed by atoms with E-state index >= 15 is 0 Å². The SMILES string of the molecule is Br.CCOc1c(C=NN=C(N)NN=Cc2ccc(Cl)c(Cl)c2OCC)ccc(Cl)c1Cl. The Labute approximate surface area is 211 Å². The molecule has 0 aliphatic rings. The van der Waals surface area contributed by atoms with Crippen molar-refractivity contribution < 1.29 is 9.47 Å². The average molecular weight is 572 g/mol. The molecule has 0 spiro atoms. The van der Waals surface area contributed by atoms with Crippen LogP contribution >= 0.6 is 63.4 Å². The Morgan fingerprint density at radius 2 is 1.39 bits per heavy atom. The summed E-state index contributed by atoms with van der Waals surface area (Å²) >= 11 is 24.3. The van der Waals surface area contributed by atoms with Crippen molar-refractivity contribution in [3.05, 3.63) is 55.5 Å². The minimum absolute atomic E-state index is 0. The second kappa shape index (κ2) is 13.6. The molecular formula is C19H20BrCl4N5O2. The smallest absolute Gasteiger partial charge is 0.234 e. The quantitative estimate of drug-likeness (QED) is 0.233. The standard InChI is InChI=1S/C19H19Cl4N5O2.BrH/c1-3-29-17-11(5-7-13(20)15(17)22)9-25-27-19(24)28-26-10-12-6-8-14(21)16(23)18(12)30-4-2;/h5-10H,3-4H2,1-2H3,(H3,24,27,28);1H. The second-order valence-corrected chi connectivity index (χ2v) is 7.10.